The van der Waals surface area contributed by atoms with Gasteiger partial charge in [0.1, 0.15) is 0 Å². The van der Waals surface area contributed by atoms with Crippen LogP contribution in [-0.2, 0) is 4.74 Å². The number of hydrogen-bond acceptors (Lipinski definition) is 4. The molecule has 0 aromatic rings. The van der Waals surface area contributed by atoms with Gasteiger partial charge in [-0.3, -0.25) is 4.90 Å². The Labute approximate surface area is 105 Å². The van der Waals surface area contributed by atoms with Crippen LogP contribution < -0.4 is 5.73 Å². The zero-order valence-electron chi connectivity index (χ0n) is 11.3. The number of likely N-dealkylation sites (N-methyl/N-ethyl adjacent to an activating group) is 1. The molecular weight excluding hydrogens is 214 g/mol. The quantitative estimate of drug-likeness (QED) is 0.775. The average Bonchev–Trinajstić information content (AvgIpc) is 2.75. The van der Waals surface area contributed by atoms with Gasteiger partial charge in [0.05, 0.1) is 6.61 Å². The number of nitrogens with two attached hydrogens (primary N) is 1. The van der Waals surface area contributed by atoms with Gasteiger partial charge >= 0.3 is 0 Å². The van der Waals surface area contributed by atoms with Crippen molar-refractivity contribution in [3.05, 3.63) is 0 Å². The van der Waals surface area contributed by atoms with E-state index in [1.54, 1.807) is 0 Å². The summed E-state index contributed by atoms with van der Waals surface area (Å²) in [4.78, 5) is 4.99. The van der Waals surface area contributed by atoms with E-state index in [4.69, 9.17) is 10.5 Å². The Morgan fingerprint density at radius 2 is 2.24 bits per heavy atom. The van der Waals surface area contributed by atoms with Gasteiger partial charge in [-0.25, -0.2) is 0 Å². The third-order valence-corrected chi connectivity index (χ3v) is 4.20. The van der Waals surface area contributed by atoms with Gasteiger partial charge in [0.15, 0.2) is 0 Å². The minimum absolute atomic E-state index is 0.281. The normalized spacial score (nSPS) is 34.8. The molecule has 4 heteroatoms. The predicted octanol–water partition coefficient (Wildman–Crippen LogP) is 0.376. The first-order chi connectivity index (χ1) is 8.16. The number of ether oxygens (including phenoxy) is 1. The highest BCUT2D eigenvalue weighted by Gasteiger charge is 2.27. The molecule has 0 aromatic carbocycles. The van der Waals surface area contributed by atoms with Gasteiger partial charge in [0.25, 0.3) is 0 Å². The first-order valence-electron chi connectivity index (χ1n) is 6.92. The summed E-state index contributed by atoms with van der Waals surface area (Å²) in [5.41, 5.74) is 6.32. The third-order valence-electron chi connectivity index (χ3n) is 4.20. The Hall–Kier alpha value is -0.160. The highest BCUT2D eigenvalue weighted by Crippen LogP contribution is 2.18. The van der Waals surface area contributed by atoms with E-state index in [0.29, 0.717) is 12.0 Å². The minimum atomic E-state index is 0.281. The van der Waals surface area contributed by atoms with Crippen LogP contribution in [0.3, 0.4) is 0 Å². The summed E-state index contributed by atoms with van der Waals surface area (Å²) in [6, 6.07) is 0.902. The molecule has 2 rings (SSSR count). The number of hydrogen-bond donors (Lipinski definition) is 1. The summed E-state index contributed by atoms with van der Waals surface area (Å²) in [5.74, 6) is 0.572. The summed E-state index contributed by atoms with van der Waals surface area (Å²) >= 11 is 0. The Kier molecular flexibility index (Phi) is 4.79. The van der Waals surface area contributed by atoms with Crippen molar-refractivity contribution in [2.75, 3.05) is 46.4 Å². The summed E-state index contributed by atoms with van der Waals surface area (Å²) in [5, 5.41) is 0. The van der Waals surface area contributed by atoms with Crippen molar-refractivity contribution in [2.45, 2.75) is 31.8 Å². The van der Waals surface area contributed by atoms with E-state index in [-0.39, 0.29) is 6.04 Å². The molecule has 17 heavy (non-hydrogen) atoms. The molecule has 0 aliphatic carbocycles. The van der Waals surface area contributed by atoms with Crippen molar-refractivity contribution in [1.82, 2.24) is 9.80 Å². The Morgan fingerprint density at radius 3 is 2.94 bits per heavy atom. The second-order valence-electron chi connectivity index (χ2n) is 5.75. The lowest BCUT2D eigenvalue weighted by atomic mass is 9.99. The predicted molar refractivity (Wildman–Crippen MR) is 70.1 cm³/mol. The second kappa shape index (κ2) is 6.14. The molecular formula is C13H27N3O. The van der Waals surface area contributed by atoms with Crippen LogP contribution in [0.2, 0.25) is 0 Å². The van der Waals surface area contributed by atoms with Crippen molar-refractivity contribution in [3.63, 3.8) is 0 Å². The molecule has 2 saturated heterocycles. The molecule has 4 nitrogen and oxygen atoms in total. The Balaban J connectivity index is 1.83. The lowest BCUT2D eigenvalue weighted by Gasteiger charge is -2.31. The van der Waals surface area contributed by atoms with E-state index >= 15 is 0 Å². The molecule has 2 N–H and O–H groups in total. The van der Waals surface area contributed by atoms with Crippen molar-refractivity contribution < 1.29 is 4.74 Å². The highest BCUT2D eigenvalue weighted by atomic mass is 16.5. The molecule has 0 spiro atoms. The van der Waals surface area contributed by atoms with E-state index in [1.807, 2.05) is 0 Å². The third kappa shape index (κ3) is 3.65. The lowest BCUT2D eigenvalue weighted by Crippen LogP contribution is -2.47. The van der Waals surface area contributed by atoms with E-state index in [1.165, 1.54) is 19.5 Å². The summed E-state index contributed by atoms with van der Waals surface area (Å²) < 4.78 is 5.43. The van der Waals surface area contributed by atoms with Crippen molar-refractivity contribution in [1.29, 1.82) is 0 Å². The van der Waals surface area contributed by atoms with Crippen LogP contribution in [0.4, 0.5) is 0 Å². The maximum absolute atomic E-state index is 6.32. The van der Waals surface area contributed by atoms with Gasteiger partial charge in [-0.2, -0.15) is 0 Å². The molecule has 3 unspecified atom stereocenters. The van der Waals surface area contributed by atoms with Gasteiger partial charge in [0.2, 0.25) is 0 Å². The van der Waals surface area contributed by atoms with Gasteiger partial charge in [-0.1, -0.05) is 0 Å². The van der Waals surface area contributed by atoms with Crippen LogP contribution in [0.5, 0.6) is 0 Å². The monoisotopic (exact) mass is 241 g/mol. The molecule has 0 radical (unpaired) electrons. The summed E-state index contributed by atoms with van der Waals surface area (Å²) in [6.45, 7) is 8.67. The maximum atomic E-state index is 6.32. The fourth-order valence-electron chi connectivity index (χ4n) is 3.00. The van der Waals surface area contributed by atoms with Gasteiger partial charge < -0.3 is 15.4 Å². The van der Waals surface area contributed by atoms with E-state index in [0.717, 1.165) is 32.7 Å². The Bertz CT molecular complexity index is 231. The molecule has 0 bridgehead atoms. The first-order valence-corrected chi connectivity index (χ1v) is 6.92. The smallest absolute Gasteiger partial charge is 0.0510 e. The molecule has 3 atom stereocenters. The fourth-order valence-corrected chi connectivity index (χ4v) is 3.00. The molecule has 0 saturated carbocycles. The van der Waals surface area contributed by atoms with E-state index in [2.05, 4.69) is 23.8 Å². The van der Waals surface area contributed by atoms with Gasteiger partial charge in [-0.15, -0.1) is 0 Å². The molecule has 0 amide bonds. The summed E-state index contributed by atoms with van der Waals surface area (Å²) in [7, 11) is 2.21. The molecule has 2 heterocycles. The van der Waals surface area contributed by atoms with Crippen LogP contribution in [0.15, 0.2) is 0 Å². The first kappa shape index (κ1) is 13.3. The largest absolute Gasteiger partial charge is 0.381 e. The van der Waals surface area contributed by atoms with Crippen LogP contribution in [0, 0.1) is 5.92 Å². The molecule has 100 valence electrons. The molecule has 2 aliphatic rings. The molecule has 2 aliphatic heterocycles. The van der Waals surface area contributed by atoms with Crippen molar-refractivity contribution in [3.8, 4) is 0 Å². The SMILES string of the molecule is CC1CN(C)CCCN1CC(N)C1CCOC1. The maximum Gasteiger partial charge on any atom is 0.0510 e. The Morgan fingerprint density at radius 1 is 1.41 bits per heavy atom. The van der Waals surface area contributed by atoms with Crippen molar-refractivity contribution in [2.24, 2.45) is 11.7 Å². The van der Waals surface area contributed by atoms with E-state index in [9.17, 15) is 0 Å². The van der Waals surface area contributed by atoms with Crippen LogP contribution in [0.1, 0.15) is 19.8 Å². The zero-order valence-corrected chi connectivity index (χ0v) is 11.3. The minimum Gasteiger partial charge on any atom is -0.381 e. The van der Waals surface area contributed by atoms with Crippen LogP contribution >= 0.6 is 0 Å². The van der Waals surface area contributed by atoms with Gasteiger partial charge in [-0.05, 0) is 39.9 Å². The standard InChI is InChI=1S/C13H27N3O/c1-11-8-15(2)5-3-6-16(11)9-13(14)12-4-7-17-10-12/h11-13H,3-10,14H2,1-2H3. The molecule has 0 aromatic heterocycles. The number of nitrogens with zero attached hydrogens (tertiary/aromatic N) is 2. The summed E-state index contributed by atoms with van der Waals surface area (Å²) in [6.07, 6.45) is 2.40. The van der Waals surface area contributed by atoms with Crippen molar-refractivity contribution >= 4 is 0 Å². The van der Waals surface area contributed by atoms with Crippen LogP contribution in [0.25, 0.3) is 0 Å². The van der Waals surface area contributed by atoms with E-state index < -0.39 is 0 Å². The average molecular weight is 241 g/mol. The topological polar surface area (TPSA) is 41.7 Å². The van der Waals surface area contributed by atoms with Gasteiger partial charge in [0, 0.05) is 37.7 Å². The van der Waals surface area contributed by atoms with Crippen LogP contribution in [-0.4, -0.2) is 68.3 Å². The highest BCUT2D eigenvalue weighted by molar-refractivity contribution is 4.83. The zero-order chi connectivity index (χ0) is 12.3. The lowest BCUT2D eigenvalue weighted by molar-refractivity contribution is 0.154. The fraction of sp³-hybridized carbons (Fsp3) is 1.00. The number of rotatable bonds is 3. The molecule has 2 fully saturated rings. The second-order valence-corrected chi connectivity index (χ2v) is 5.75.